The Kier molecular flexibility index (Phi) is 4.01. The first kappa shape index (κ1) is 14.8. The average molecular weight is 299 g/mol. The normalized spacial score (nSPS) is 15.6. The first-order valence-corrected chi connectivity index (χ1v) is 7.26. The van der Waals surface area contributed by atoms with E-state index >= 15 is 0 Å². The van der Waals surface area contributed by atoms with Crippen molar-refractivity contribution in [1.82, 2.24) is 0 Å². The first-order valence-electron chi connectivity index (χ1n) is 6.15. The van der Waals surface area contributed by atoms with Gasteiger partial charge in [-0.25, -0.2) is 4.21 Å². The first-order chi connectivity index (χ1) is 9.30. The summed E-state index contributed by atoms with van der Waals surface area (Å²) < 4.78 is 31.8. The maximum atomic E-state index is 12.0. The third-order valence-electron chi connectivity index (χ3n) is 2.77. The zero-order chi connectivity index (χ0) is 14.9. The van der Waals surface area contributed by atoms with Gasteiger partial charge in [0.25, 0.3) is 0 Å². The lowest BCUT2D eigenvalue weighted by atomic mass is 9.95. The Hall–Kier alpha value is -1.60. The molecule has 1 aliphatic heterocycles. The van der Waals surface area contributed by atoms with Crippen molar-refractivity contribution < 1.29 is 23.0 Å². The van der Waals surface area contributed by atoms with Gasteiger partial charge in [-0.2, -0.15) is 0 Å². The number of nitrogens with one attached hydrogen (secondary N) is 1. The lowest BCUT2D eigenvalue weighted by molar-refractivity contribution is -0.123. The van der Waals surface area contributed by atoms with E-state index in [1.165, 1.54) is 0 Å². The van der Waals surface area contributed by atoms with Crippen LogP contribution in [0.2, 0.25) is 0 Å². The maximum absolute atomic E-state index is 12.0. The fraction of sp³-hybridized carbons (Fsp3) is 0.462. The molecule has 0 bridgehead atoms. The number of hydrogen-bond donors (Lipinski definition) is 2. The van der Waals surface area contributed by atoms with Crippen molar-refractivity contribution in [3.05, 3.63) is 12.1 Å². The Morgan fingerprint density at radius 3 is 2.55 bits per heavy atom. The largest absolute Gasteiger partial charge is 0.486 e. The second-order valence-electron chi connectivity index (χ2n) is 5.42. The van der Waals surface area contributed by atoms with Crippen molar-refractivity contribution in [2.24, 2.45) is 5.41 Å². The van der Waals surface area contributed by atoms with E-state index in [9.17, 15) is 13.6 Å². The molecule has 1 heterocycles. The second-order valence-corrected chi connectivity index (χ2v) is 6.33. The number of hydrogen-bond acceptors (Lipinski definition) is 4. The monoisotopic (exact) mass is 299 g/mol. The summed E-state index contributed by atoms with van der Waals surface area (Å²) in [6.07, 6.45) is 0. The highest BCUT2D eigenvalue weighted by Crippen LogP contribution is 2.40. The molecule has 20 heavy (non-hydrogen) atoms. The molecular formula is C13H17NO5S. The van der Waals surface area contributed by atoms with Gasteiger partial charge in [-0.1, -0.05) is 20.8 Å². The van der Waals surface area contributed by atoms with Crippen LogP contribution in [0.5, 0.6) is 11.5 Å². The van der Waals surface area contributed by atoms with Crippen LogP contribution in [-0.2, 0) is 15.9 Å². The van der Waals surface area contributed by atoms with Crippen molar-refractivity contribution in [2.75, 3.05) is 18.5 Å². The summed E-state index contributed by atoms with van der Waals surface area (Å²) >= 11 is -2.29. The van der Waals surface area contributed by atoms with Gasteiger partial charge >= 0.3 is 0 Å². The molecule has 0 saturated carbocycles. The van der Waals surface area contributed by atoms with Gasteiger partial charge in [0, 0.05) is 5.41 Å². The summed E-state index contributed by atoms with van der Waals surface area (Å²) in [6.45, 7) is 5.97. The summed E-state index contributed by atoms with van der Waals surface area (Å²) in [5.74, 6) is 0.368. The lowest BCUT2D eigenvalue weighted by Gasteiger charge is -2.23. The van der Waals surface area contributed by atoms with Crippen LogP contribution in [0.15, 0.2) is 17.0 Å². The van der Waals surface area contributed by atoms with Crippen LogP contribution in [0.4, 0.5) is 5.69 Å². The molecular weight excluding hydrogens is 282 g/mol. The lowest BCUT2D eigenvalue weighted by Crippen LogP contribution is -2.28. The van der Waals surface area contributed by atoms with E-state index in [2.05, 4.69) is 5.32 Å². The quantitative estimate of drug-likeness (QED) is 0.816. The molecule has 1 aromatic rings. The van der Waals surface area contributed by atoms with E-state index in [1.54, 1.807) is 32.9 Å². The van der Waals surface area contributed by atoms with Gasteiger partial charge in [-0.15, -0.1) is 0 Å². The van der Waals surface area contributed by atoms with Gasteiger partial charge < -0.3 is 19.3 Å². The summed E-state index contributed by atoms with van der Waals surface area (Å²) in [5, 5.41) is 2.65. The number of ether oxygens (including phenoxy) is 2. The molecule has 2 rings (SSSR count). The van der Waals surface area contributed by atoms with Crippen LogP contribution in [0.3, 0.4) is 0 Å². The van der Waals surface area contributed by atoms with Crippen molar-refractivity contribution in [1.29, 1.82) is 0 Å². The van der Waals surface area contributed by atoms with Crippen LogP contribution >= 0.6 is 0 Å². The van der Waals surface area contributed by atoms with Crippen molar-refractivity contribution in [3.8, 4) is 11.5 Å². The number of anilines is 1. The third-order valence-corrected chi connectivity index (χ3v) is 3.52. The minimum absolute atomic E-state index is 0.0276. The maximum Gasteiger partial charge on any atom is 0.229 e. The van der Waals surface area contributed by atoms with Crippen molar-refractivity contribution in [2.45, 2.75) is 25.7 Å². The predicted octanol–water partition coefficient (Wildman–Crippen LogP) is 2.02. The summed E-state index contributed by atoms with van der Waals surface area (Å²) in [7, 11) is 0. The number of carbonyl (C=O) groups is 1. The van der Waals surface area contributed by atoms with E-state index in [-0.39, 0.29) is 22.2 Å². The van der Waals surface area contributed by atoms with E-state index in [0.717, 1.165) is 0 Å². The molecule has 0 radical (unpaired) electrons. The Morgan fingerprint density at radius 2 is 1.95 bits per heavy atom. The van der Waals surface area contributed by atoms with E-state index < -0.39 is 16.5 Å². The molecule has 0 aromatic heterocycles. The summed E-state index contributed by atoms with van der Waals surface area (Å²) in [5.41, 5.74) is -0.350. The molecule has 0 saturated heterocycles. The van der Waals surface area contributed by atoms with Crippen molar-refractivity contribution in [3.63, 3.8) is 0 Å². The third kappa shape index (κ3) is 2.94. The van der Waals surface area contributed by atoms with Gasteiger partial charge in [0.2, 0.25) is 5.91 Å². The van der Waals surface area contributed by atoms with Crippen molar-refractivity contribution >= 4 is 22.7 Å². The zero-order valence-electron chi connectivity index (χ0n) is 11.6. The standard InChI is InChI=1S/C13H17NO5S/c1-13(2,3)12(15)14-8-4-5-9-10(11(8)20(16)17)19-7-6-18-9/h4-5H,6-7H2,1-3H3,(H,14,15)(H,16,17). The fourth-order valence-electron chi connectivity index (χ4n) is 1.67. The van der Waals surface area contributed by atoms with E-state index in [0.29, 0.717) is 19.0 Å². The van der Waals surface area contributed by atoms with Gasteiger partial charge in [0.05, 0.1) is 5.69 Å². The highest BCUT2D eigenvalue weighted by Gasteiger charge is 2.27. The van der Waals surface area contributed by atoms with Crippen LogP contribution < -0.4 is 14.8 Å². The topological polar surface area (TPSA) is 84.9 Å². The molecule has 1 aromatic carbocycles. The van der Waals surface area contributed by atoms with Gasteiger partial charge in [-0.05, 0) is 12.1 Å². The number of rotatable bonds is 2. The number of carbonyl (C=O) groups excluding carboxylic acids is 1. The summed E-state index contributed by atoms with van der Waals surface area (Å²) in [4.78, 5) is 12.0. The zero-order valence-corrected chi connectivity index (χ0v) is 12.4. The van der Waals surface area contributed by atoms with Crippen LogP contribution in [0, 0.1) is 5.41 Å². The highest BCUT2D eigenvalue weighted by atomic mass is 32.2. The van der Waals surface area contributed by atoms with Gasteiger partial charge in [0.15, 0.2) is 22.6 Å². The van der Waals surface area contributed by atoms with Crippen LogP contribution in [0.1, 0.15) is 20.8 Å². The predicted molar refractivity (Wildman–Crippen MR) is 74.6 cm³/mol. The van der Waals surface area contributed by atoms with E-state index in [1.807, 2.05) is 0 Å². The molecule has 0 aliphatic carbocycles. The molecule has 7 heteroatoms. The molecule has 1 aliphatic rings. The molecule has 6 nitrogen and oxygen atoms in total. The SMILES string of the molecule is CC(C)(C)C(=O)Nc1ccc2c(c1S(=O)O)OCCO2. The minimum Gasteiger partial charge on any atom is -0.486 e. The smallest absolute Gasteiger partial charge is 0.229 e. The number of benzene rings is 1. The minimum atomic E-state index is -2.29. The Morgan fingerprint density at radius 1 is 1.30 bits per heavy atom. The Balaban J connectivity index is 2.43. The molecule has 1 atom stereocenters. The van der Waals surface area contributed by atoms with Gasteiger partial charge in [-0.3, -0.25) is 4.79 Å². The van der Waals surface area contributed by atoms with Crippen LogP contribution in [0.25, 0.3) is 0 Å². The molecule has 0 fully saturated rings. The molecule has 1 amide bonds. The molecule has 1 unspecified atom stereocenters. The average Bonchev–Trinajstić information content (AvgIpc) is 2.36. The number of amides is 1. The Bertz CT molecular complexity index is 565. The summed E-state index contributed by atoms with van der Waals surface area (Å²) in [6, 6.07) is 3.16. The number of fused-ring (bicyclic) bond motifs is 1. The molecule has 0 spiro atoms. The van der Waals surface area contributed by atoms with E-state index in [4.69, 9.17) is 9.47 Å². The molecule has 2 N–H and O–H groups in total. The van der Waals surface area contributed by atoms with Crippen LogP contribution in [-0.4, -0.2) is 27.9 Å². The molecule has 110 valence electrons. The fourth-order valence-corrected chi connectivity index (χ4v) is 2.30. The highest BCUT2D eigenvalue weighted by molar-refractivity contribution is 7.79. The Labute approximate surface area is 119 Å². The second kappa shape index (κ2) is 5.41. The van der Waals surface area contributed by atoms with Gasteiger partial charge in [0.1, 0.15) is 18.1 Å².